The van der Waals surface area contributed by atoms with Crippen molar-refractivity contribution in [3.8, 4) is 5.75 Å². The summed E-state index contributed by atoms with van der Waals surface area (Å²) in [6, 6.07) is 9.58. The molecule has 2 rings (SSSR count). The van der Waals surface area contributed by atoms with E-state index in [9.17, 15) is 25.4 Å². The molecular weight excluding hydrogens is 406 g/mol. The molecule has 0 heterocycles. The second-order valence-corrected chi connectivity index (χ2v) is 8.27. The number of aliphatic hydroxyl groups is 2. The Morgan fingerprint density at radius 3 is 2.22 bits per heavy atom. The van der Waals surface area contributed by atoms with Crippen molar-refractivity contribution in [3.63, 3.8) is 0 Å². The molecule has 0 unspecified atom stereocenters. The number of aromatic hydroxyl groups is 1. The molecule has 0 fully saturated rings. The lowest BCUT2D eigenvalue weighted by Gasteiger charge is -2.25. The summed E-state index contributed by atoms with van der Waals surface area (Å²) in [7, 11) is 0. The SMILES string of the molecule is C=C[C@H]([C@H](O)CC/C(=C/c1cc(C)c(O)c(C)c1)CCC)[C@H](O)c1ccc([N+](=O)[O-])cc1. The summed E-state index contributed by atoms with van der Waals surface area (Å²) in [6.07, 6.45) is 4.76. The Balaban J connectivity index is 2.12. The van der Waals surface area contributed by atoms with Crippen LogP contribution < -0.4 is 0 Å². The molecule has 6 heteroatoms. The number of phenols is 1. The lowest BCUT2D eigenvalue weighted by molar-refractivity contribution is -0.384. The van der Waals surface area contributed by atoms with E-state index < -0.39 is 23.0 Å². The van der Waals surface area contributed by atoms with Gasteiger partial charge in [0.1, 0.15) is 5.75 Å². The molecule has 0 aliphatic rings. The molecule has 2 aromatic rings. The average Bonchev–Trinajstić information content (AvgIpc) is 2.76. The fourth-order valence-electron chi connectivity index (χ4n) is 3.94. The van der Waals surface area contributed by atoms with Crippen LogP contribution in [0.15, 0.2) is 54.6 Å². The predicted molar refractivity (Wildman–Crippen MR) is 127 cm³/mol. The molecular formula is C26H33NO5. The normalized spacial score (nSPS) is 14.6. The minimum atomic E-state index is -1.01. The predicted octanol–water partition coefficient (Wildman–Crippen LogP) is 5.78. The van der Waals surface area contributed by atoms with Crippen molar-refractivity contribution < 1.29 is 20.2 Å². The van der Waals surface area contributed by atoms with E-state index in [4.69, 9.17) is 0 Å². The number of aryl methyl sites for hydroxylation is 2. The van der Waals surface area contributed by atoms with Gasteiger partial charge >= 0.3 is 0 Å². The number of aliphatic hydroxyl groups excluding tert-OH is 2. The summed E-state index contributed by atoms with van der Waals surface area (Å²) < 4.78 is 0. The van der Waals surface area contributed by atoms with Crippen LogP contribution in [0.3, 0.4) is 0 Å². The molecule has 0 aromatic heterocycles. The van der Waals surface area contributed by atoms with Crippen LogP contribution in [0, 0.1) is 29.9 Å². The van der Waals surface area contributed by atoms with Gasteiger partial charge in [0, 0.05) is 18.1 Å². The lowest BCUT2D eigenvalue weighted by Crippen LogP contribution is -2.25. The molecule has 3 N–H and O–H groups in total. The maximum Gasteiger partial charge on any atom is 0.269 e. The fraction of sp³-hybridized carbons (Fsp3) is 0.385. The Morgan fingerprint density at radius 1 is 1.12 bits per heavy atom. The summed E-state index contributed by atoms with van der Waals surface area (Å²) in [5.41, 5.74) is 4.30. The number of nitro benzene ring substituents is 1. The molecule has 6 nitrogen and oxygen atoms in total. The van der Waals surface area contributed by atoms with Gasteiger partial charge in [0.15, 0.2) is 0 Å². The Kier molecular flexibility index (Phi) is 9.17. The first-order valence-electron chi connectivity index (χ1n) is 10.9. The highest BCUT2D eigenvalue weighted by molar-refractivity contribution is 5.58. The molecule has 32 heavy (non-hydrogen) atoms. The topological polar surface area (TPSA) is 104 Å². The maximum atomic E-state index is 10.8. The highest BCUT2D eigenvalue weighted by atomic mass is 16.6. The largest absolute Gasteiger partial charge is 0.507 e. The molecule has 0 saturated carbocycles. The number of hydrogen-bond acceptors (Lipinski definition) is 5. The van der Waals surface area contributed by atoms with Crippen molar-refractivity contribution in [1.82, 2.24) is 0 Å². The number of rotatable bonds is 11. The third kappa shape index (κ3) is 6.52. The van der Waals surface area contributed by atoms with Crippen molar-refractivity contribution in [2.24, 2.45) is 5.92 Å². The molecule has 0 bridgehead atoms. The highest BCUT2D eigenvalue weighted by Gasteiger charge is 2.26. The van der Waals surface area contributed by atoms with Crippen molar-refractivity contribution in [1.29, 1.82) is 0 Å². The standard InChI is InChI=1S/C26H33NO5/c1-5-7-19(16-20-14-17(3)25(29)18(4)15-20)8-13-24(28)23(6-2)26(30)21-9-11-22(12-10-21)27(31)32/h6,9-12,14-16,23-24,26,28-30H,2,5,7-8,13H2,1,3-4H3/b19-16+/t23-,24-,26-/m1/s1. The van der Waals surface area contributed by atoms with Crippen LogP contribution in [-0.2, 0) is 0 Å². The van der Waals surface area contributed by atoms with Crippen molar-refractivity contribution in [2.75, 3.05) is 0 Å². The smallest absolute Gasteiger partial charge is 0.269 e. The van der Waals surface area contributed by atoms with Gasteiger partial charge in [-0.3, -0.25) is 10.1 Å². The fourth-order valence-corrected chi connectivity index (χ4v) is 3.94. The van der Waals surface area contributed by atoms with Gasteiger partial charge in [-0.15, -0.1) is 6.58 Å². The summed E-state index contributed by atoms with van der Waals surface area (Å²) in [6.45, 7) is 9.61. The summed E-state index contributed by atoms with van der Waals surface area (Å²) in [4.78, 5) is 10.3. The van der Waals surface area contributed by atoms with E-state index in [1.54, 1.807) is 0 Å². The number of hydrogen-bond donors (Lipinski definition) is 3. The maximum absolute atomic E-state index is 10.8. The quantitative estimate of drug-likeness (QED) is 0.234. The van der Waals surface area contributed by atoms with Gasteiger partial charge in [0.25, 0.3) is 5.69 Å². The monoisotopic (exact) mass is 439 g/mol. The molecule has 0 amide bonds. The number of allylic oxidation sites excluding steroid dienone is 1. The van der Waals surface area contributed by atoms with Gasteiger partial charge in [0.2, 0.25) is 0 Å². The van der Waals surface area contributed by atoms with Crippen LogP contribution in [-0.4, -0.2) is 26.3 Å². The molecule has 3 atom stereocenters. The average molecular weight is 440 g/mol. The minimum Gasteiger partial charge on any atom is -0.507 e. The highest BCUT2D eigenvalue weighted by Crippen LogP contribution is 2.31. The van der Waals surface area contributed by atoms with Gasteiger partial charge in [0.05, 0.1) is 17.1 Å². The second-order valence-electron chi connectivity index (χ2n) is 8.27. The lowest BCUT2D eigenvalue weighted by atomic mass is 9.87. The van der Waals surface area contributed by atoms with E-state index in [1.807, 2.05) is 26.0 Å². The minimum absolute atomic E-state index is 0.0503. The summed E-state index contributed by atoms with van der Waals surface area (Å²) in [5.74, 6) is -0.291. The Bertz CT molecular complexity index is 942. The van der Waals surface area contributed by atoms with Crippen molar-refractivity contribution >= 4 is 11.8 Å². The van der Waals surface area contributed by atoms with Crippen LogP contribution in [0.5, 0.6) is 5.75 Å². The van der Waals surface area contributed by atoms with Crippen molar-refractivity contribution in [3.05, 3.63) is 87.0 Å². The van der Waals surface area contributed by atoms with E-state index >= 15 is 0 Å². The Hall–Kier alpha value is -2.96. The summed E-state index contributed by atoms with van der Waals surface area (Å²) >= 11 is 0. The zero-order valence-corrected chi connectivity index (χ0v) is 19.0. The van der Waals surface area contributed by atoms with Crippen LogP contribution in [0.4, 0.5) is 5.69 Å². The van der Waals surface area contributed by atoms with Gasteiger partial charge in [-0.05, 0) is 79.6 Å². The van der Waals surface area contributed by atoms with E-state index in [0.29, 0.717) is 24.2 Å². The van der Waals surface area contributed by atoms with Crippen LogP contribution in [0.25, 0.3) is 6.08 Å². The van der Waals surface area contributed by atoms with E-state index in [0.717, 1.165) is 29.5 Å². The van der Waals surface area contributed by atoms with E-state index in [2.05, 4.69) is 19.6 Å². The van der Waals surface area contributed by atoms with Crippen LogP contribution >= 0.6 is 0 Å². The van der Waals surface area contributed by atoms with Gasteiger partial charge in [-0.1, -0.05) is 31.1 Å². The first-order chi connectivity index (χ1) is 15.2. The third-order valence-electron chi connectivity index (χ3n) is 5.74. The number of nitro groups is 1. The zero-order chi connectivity index (χ0) is 23.8. The first-order valence-corrected chi connectivity index (χ1v) is 10.9. The molecule has 2 aromatic carbocycles. The Morgan fingerprint density at radius 2 is 1.72 bits per heavy atom. The van der Waals surface area contributed by atoms with E-state index in [1.165, 1.54) is 35.9 Å². The molecule has 0 aliphatic heterocycles. The van der Waals surface area contributed by atoms with Gasteiger partial charge < -0.3 is 15.3 Å². The number of non-ortho nitro benzene ring substituents is 1. The van der Waals surface area contributed by atoms with Gasteiger partial charge in [-0.2, -0.15) is 0 Å². The van der Waals surface area contributed by atoms with Gasteiger partial charge in [-0.25, -0.2) is 0 Å². The first kappa shape index (κ1) is 25.3. The van der Waals surface area contributed by atoms with Crippen LogP contribution in [0.2, 0.25) is 0 Å². The molecule has 0 spiro atoms. The second kappa shape index (κ2) is 11.6. The molecule has 0 aliphatic carbocycles. The number of phenolic OH excluding ortho intramolecular Hbond substituents is 1. The Labute approximate surface area is 189 Å². The molecule has 0 saturated heterocycles. The zero-order valence-electron chi connectivity index (χ0n) is 19.0. The van der Waals surface area contributed by atoms with Crippen LogP contribution in [0.1, 0.15) is 61.0 Å². The molecule has 0 radical (unpaired) electrons. The van der Waals surface area contributed by atoms with Crippen molar-refractivity contribution in [2.45, 2.75) is 58.7 Å². The summed E-state index contributed by atoms with van der Waals surface area (Å²) in [5, 5.41) is 42.4. The van der Waals surface area contributed by atoms with E-state index in [-0.39, 0.29) is 5.69 Å². The third-order valence-corrected chi connectivity index (χ3v) is 5.74. The number of benzene rings is 2. The number of nitrogens with zero attached hydrogens (tertiary/aromatic N) is 1. The molecule has 172 valence electrons.